The van der Waals surface area contributed by atoms with Crippen LogP contribution in [0.3, 0.4) is 0 Å². The molecule has 0 spiro atoms. The van der Waals surface area contributed by atoms with Gasteiger partial charge in [0.15, 0.2) is 23.7 Å². The maximum Gasteiger partial charge on any atom is 0.196 e. The average Bonchev–Trinajstić information content (AvgIpc) is 2.58. The number of ether oxygens (including phenoxy) is 2. The minimum Gasteiger partial charge on any atom is -1.00 e. The number of benzene rings is 1. The minimum absolute atomic E-state index is 0. The molecule has 3 aliphatic rings. The first-order valence-electron chi connectivity index (χ1n) is 8.95. The van der Waals surface area contributed by atoms with Crippen LogP contribution in [0.2, 0.25) is 0 Å². The highest BCUT2D eigenvalue weighted by atomic mass is 35.5. The van der Waals surface area contributed by atoms with Crippen LogP contribution in [0.15, 0.2) is 48.7 Å². The molecule has 3 nitrogen and oxygen atoms in total. The van der Waals surface area contributed by atoms with Crippen molar-refractivity contribution in [2.24, 2.45) is 5.41 Å². The third-order valence-corrected chi connectivity index (χ3v) is 5.78. The summed E-state index contributed by atoms with van der Waals surface area (Å²) in [6.45, 7) is 9.97. The summed E-state index contributed by atoms with van der Waals surface area (Å²) in [5.74, 6) is -0.563. The van der Waals surface area contributed by atoms with E-state index in [1.807, 2.05) is 0 Å². The fourth-order valence-corrected chi connectivity index (χ4v) is 4.99. The van der Waals surface area contributed by atoms with Crippen molar-refractivity contribution in [3.8, 4) is 0 Å². The van der Waals surface area contributed by atoms with Crippen LogP contribution in [0.5, 0.6) is 0 Å². The van der Waals surface area contributed by atoms with Gasteiger partial charge in [0.2, 0.25) is 0 Å². The van der Waals surface area contributed by atoms with Crippen LogP contribution in [0.4, 0.5) is 0 Å². The first kappa shape index (κ1) is 18.4. The molecule has 2 aliphatic heterocycles. The van der Waals surface area contributed by atoms with E-state index >= 15 is 0 Å². The first-order valence-corrected chi connectivity index (χ1v) is 8.95. The molecule has 2 aromatic rings. The molecule has 0 saturated heterocycles. The smallest absolute Gasteiger partial charge is 0.196 e. The molecular weight excluding hydrogens is 334 g/mol. The summed E-state index contributed by atoms with van der Waals surface area (Å²) in [5, 5.41) is 0. The number of hydrogen-bond donors (Lipinski definition) is 0. The van der Waals surface area contributed by atoms with Crippen molar-refractivity contribution in [3.63, 3.8) is 0 Å². The van der Waals surface area contributed by atoms with E-state index in [-0.39, 0.29) is 29.8 Å². The Labute approximate surface area is 156 Å². The number of halogens is 1. The predicted octanol–water partition coefficient (Wildman–Crippen LogP) is 0.822. The van der Waals surface area contributed by atoms with Crippen LogP contribution in [-0.4, -0.2) is 19.0 Å². The third kappa shape index (κ3) is 2.22. The Morgan fingerprint density at radius 1 is 0.920 bits per heavy atom. The number of hydrogen-bond acceptors (Lipinski definition) is 2. The lowest BCUT2D eigenvalue weighted by molar-refractivity contribution is -0.755. The zero-order chi connectivity index (χ0) is 16.9. The highest BCUT2D eigenvalue weighted by Gasteiger charge is 2.70. The lowest BCUT2D eigenvalue weighted by atomic mass is 9.57. The molecule has 0 radical (unpaired) electrons. The normalized spacial score (nSPS) is 24.2. The molecule has 0 saturated carbocycles. The van der Waals surface area contributed by atoms with Crippen molar-refractivity contribution in [3.05, 3.63) is 65.5 Å². The molecule has 1 aliphatic carbocycles. The van der Waals surface area contributed by atoms with Crippen molar-refractivity contribution >= 4 is 0 Å². The van der Waals surface area contributed by atoms with Gasteiger partial charge in [-0.05, 0) is 33.3 Å². The zero-order valence-corrected chi connectivity index (χ0v) is 16.1. The lowest BCUT2D eigenvalue weighted by Gasteiger charge is -2.57. The zero-order valence-electron chi connectivity index (χ0n) is 15.3. The third-order valence-electron chi connectivity index (χ3n) is 5.78. The topological polar surface area (TPSA) is 22.3 Å². The Kier molecular flexibility index (Phi) is 4.69. The van der Waals surface area contributed by atoms with E-state index in [2.05, 4.69) is 80.9 Å². The molecular formula is C21H26ClNO2. The van der Waals surface area contributed by atoms with Gasteiger partial charge < -0.3 is 21.9 Å². The largest absolute Gasteiger partial charge is 1.00 e. The van der Waals surface area contributed by atoms with E-state index in [0.29, 0.717) is 13.2 Å². The van der Waals surface area contributed by atoms with E-state index in [1.54, 1.807) is 0 Å². The molecule has 0 N–H and O–H groups in total. The van der Waals surface area contributed by atoms with E-state index in [1.165, 1.54) is 16.8 Å². The number of pyridine rings is 1. The van der Waals surface area contributed by atoms with Crippen LogP contribution in [0.1, 0.15) is 56.5 Å². The molecule has 2 atom stereocenters. The van der Waals surface area contributed by atoms with Gasteiger partial charge >= 0.3 is 0 Å². The minimum atomic E-state index is -0.642. The van der Waals surface area contributed by atoms with Gasteiger partial charge in [-0.1, -0.05) is 30.3 Å². The van der Waals surface area contributed by atoms with Crippen LogP contribution < -0.4 is 17.0 Å². The van der Waals surface area contributed by atoms with Gasteiger partial charge in [-0.15, -0.1) is 0 Å². The average molecular weight is 360 g/mol. The van der Waals surface area contributed by atoms with Crippen LogP contribution in [-0.2, 0) is 9.47 Å². The van der Waals surface area contributed by atoms with Crippen molar-refractivity contribution in [1.82, 2.24) is 0 Å². The van der Waals surface area contributed by atoms with Crippen LogP contribution >= 0.6 is 0 Å². The second-order valence-corrected chi connectivity index (χ2v) is 7.25. The van der Waals surface area contributed by atoms with Crippen molar-refractivity contribution in [2.75, 3.05) is 13.2 Å². The fourth-order valence-electron chi connectivity index (χ4n) is 4.99. The molecule has 1 aromatic heterocycles. The number of rotatable bonds is 4. The highest BCUT2D eigenvalue weighted by molar-refractivity contribution is 5.45. The van der Waals surface area contributed by atoms with Gasteiger partial charge in [0.1, 0.15) is 5.92 Å². The molecule has 134 valence electrons. The Bertz CT molecular complexity index is 720. The summed E-state index contributed by atoms with van der Waals surface area (Å²) in [7, 11) is 0. The molecule has 1 aromatic carbocycles. The Hall–Kier alpha value is -1.42. The van der Waals surface area contributed by atoms with Gasteiger partial charge in [0, 0.05) is 30.9 Å². The number of nitrogens with zero attached hydrogens (tertiary/aromatic N) is 1. The second kappa shape index (κ2) is 6.39. The van der Waals surface area contributed by atoms with Gasteiger partial charge in [-0.3, -0.25) is 0 Å². The summed E-state index contributed by atoms with van der Waals surface area (Å²) >= 11 is 0. The standard InChI is InChI=1S/C21H26NO2.ClH/c1-5-23-21(24-6-2)18-15-11-7-8-12-16(15)19(20(21,3)4)22-14-10-9-13-17(18)22;/h7-14,18-19H,5-6H2,1-4H3;1H/q+1;/p-1/t18-,19-;/m0./s1. The van der Waals surface area contributed by atoms with Gasteiger partial charge in [0.05, 0.1) is 5.41 Å². The second-order valence-electron chi connectivity index (χ2n) is 7.25. The van der Waals surface area contributed by atoms with Crippen molar-refractivity contribution in [1.29, 1.82) is 0 Å². The van der Waals surface area contributed by atoms with Gasteiger partial charge in [-0.2, -0.15) is 4.57 Å². The summed E-state index contributed by atoms with van der Waals surface area (Å²) in [5.41, 5.74) is 3.83. The Balaban J connectivity index is 0.00000182. The first-order chi connectivity index (χ1) is 11.6. The quantitative estimate of drug-likeness (QED) is 0.596. The SMILES string of the molecule is CCOC1(OCC)[C@H]2c3ccccc3[C@H]([n+]3ccccc32)C1(C)C.[Cl-]. The van der Waals surface area contributed by atoms with Gasteiger partial charge in [0.25, 0.3) is 0 Å². The monoisotopic (exact) mass is 359 g/mol. The van der Waals surface area contributed by atoms with E-state index in [4.69, 9.17) is 9.47 Å². The summed E-state index contributed by atoms with van der Waals surface area (Å²) in [6, 6.07) is 15.4. The Morgan fingerprint density at radius 3 is 2.16 bits per heavy atom. The molecule has 0 fully saturated rings. The highest BCUT2D eigenvalue weighted by Crippen LogP contribution is 2.61. The van der Waals surface area contributed by atoms with E-state index < -0.39 is 5.79 Å². The number of aromatic nitrogens is 1. The Morgan fingerprint density at radius 2 is 1.52 bits per heavy atom. The predicted molar refractivity (Wildman–Crippen MR) is 92.8 cm³/mol. The van der Waals surface area contributed by atoms with Crippen LogP contribution in [0, 0.1) is 5.41 Å². The summed E-state index contributed by atoms with van der Waals surface area (Å²) in [4.78, 5) is 0. The lowest BCUT2D eigenvalue weighted by Crippen LogP contribution is -3.00. The molecule has 4 heteroatoms. The van der Waals surface area contributed by atoms with Crippen LogP contribution in [0.25, 0.3) is 0 Å². The molecule has 0 amide bonds. The summed E-state index contributed by atoms with van der Waals surface area (Å²) < 4.78 is 15.3. The van der Waals surface area contributed by atoms with Crippen molar-refractivity contribution < 1.29 is 26.4 Å². The van der Waals surface area contributed by atoms with Gasteiger partial charge in [-0.25, -0.2) is 0 Å². The maximum absolute atomic E-state index is 6.44. The number of fused-ring (bicyclic) bond motifs is 1. The molecule has 0 unspecified atom stereocenters. The van der Waals surface area contributed by atoms with E-state index in [9.17, 15) is 0 Å². The molecule has 2 bridgehead atoms. The fraction of sp³-hybridized carbons (Fsp3) is 0.476. The summed E-state index contributed by atoms with van der Waals surface area (Å²) in [6.07, 6.45) is 2.20. The molecule has 3 heterocycles. The van der Waals surface area contributed by atoms with Crippen molar-refractivity contribution in [2.45, 2.75) is 45.4 Å². The molecule has 25 heavy (non-hydrogen) atoms. The molecule has 5 rings (SSSR count). The van der Waals surface area contributed by atoms with E-state index in [0.717, 1.165) is 0 Å². The maximum atomic E-state index is 6.44.